The number of anilines is 2. The van der Waals surface area contributed by atoms with Crippen LogP contribution in [0.25, 0.3) is 0 Å². The average Bonchev–Trinajstić information content (AvgIpc) is 2.33. The Balaban J connectivity index is 2.72. The molecule has 0 aliphatic carbocycles. The van der Waals surface area contributed by atoms with Crippen LogP contribution in [0.3, 0.4) is 0 Å². The van der Waals surface area contributed by atoms with Gasteiger partial charge in [0.2, 0.25) is 0 Å². The molecule has 0 saturated heterocycles. The zero-order valence-electron chi connectivity index (χ0n) is 10.6. The Morgan fingerprint density at radius 3 is 2.94 bits per heavy atom. The molecule has 18 heavy (non-hydrogen) atoms. The van der Waals surface area contributed by atoms with Crippen molar-refractivity contribution in [2.45, 2.75) is 0 Å². The number of nitrogens with two attached hydrogens (primary N) is 1. The summed E-state index contributed by atoms with van der Waals surface area (Å²) in [6.45, 7) is 4.21. The van der Waals surface area contributed by atoms with Crippen LogP contribution in [0.15, 0.2) is 36.9 Å². The molecule has 0 aromatic carbocycles. The van der Waals surface area contributed by atoms with Crippen LogP contribution in [0.5, 0.6) is 0 Å². The molecule has 0 fully saturated rings. The van der Waals surface area contributed by atoms with Crippen molar-refractivity contribution in [3.63, 3.8) is 0 Å². The molecule has 6 heteroatoms. The first-order valence-electron chi connectivity index (χ1n) is 5.42. The Hall–Kier alpha value is -1.88. The predicted octanol–water partition coefficient (Wildman–Crippen LogP) is 1.87. The highest BCUT2D eigenvalue weighted by atomic mass is 35.5. The van der Waals surface area contributed by atoms with Crippen molar-refractivity contribution in [3.05, 3.63) is 42.1 Å². The molecule has 0 bridgehead atoms. The van der Waals surface area contributed by atoms with Gasteiger partial charge < -0.3 is 21.3 Å². The van der Waals surface area contributed by atoms with E-state index in [9.17, 15) is 0 Å². The first kappa shape index (κ1) is 14.2. The summed E-state index contributed by atoms with van der Waals surface area (Å²) in [5.74, 6) is 0. The summed E-state index contributed by atoms with van der Waals surface area (Å²) in [6, 6.07) is 1.70. The topological polar surface area (TPSA) is 66.2 Å². The molecule has 1 aromatic heterocycles. The lowest BCUT2D eigenvalue weighted by molar-refractivity contribution is 0.503. The van der Waals surface area contributed by atoms with Crippen LogP contribution in [-0.2, 0) is 0 Å². The molecule has 0 aliphatic heterocycles. The summed E-state index contributed by atoms with van der Waals surface area (Å²) in [5.41, 5.74) is 8.18. The first-order chi connectivity index (χ1) is 8.54. The van der Waals surface area contributed by atoms with Crippen LogP contribution in [0.2, 0.25) is 5.15 Å². The molecule has 1 aromatic rings. The summed E-state index contributed by atoms with van der Waals surface area (Å²) in [5, 5.41) is 6.56. The number of nitrogens with one attached hydrogen (secondary N) is 2. The van der Waals surface area contributed by atoms with Crippen molar-refractivity contribution in [2.75, 3.05) is 31.7 Å². The molecule has 0 aliphatic rings. The Morgan fingerprint density at radius 1 is 1.61 bits per heavy atom. The molecule has 0 radical (unpaired) electrons. The van der Waals surface area contributed by atoms with E-state index in [4.69, 9.17) is 17.3 Å². The van der Waals surface area contributed by atoms with E-state index in [0.29, 0.717) is 17.4 Å². The number of hydrogen-bond acceptors (Lipinski definition) is 5. The molecule has 98 valence electrons. The van der Waals surface area contributed by atoms with Gasteiger partial charge in [-0.05, 0) is 6.20 Å². The summed E-state index contributed by atoms with van der Waals surface area (Å²) < 4.78 is 0. The van der Waals surface area contributed by atoms with E-state index in [2.05, 4.69) is 22.2 Å². The fraction of sp³-hybridized carbons (Fsp3) is 0.250. The second-order valence-electron chi connectivity index (χ2n) is 3.85. The monoisotopic (exact) mass is 267 g/mol. The first-order valence-corrected chi connectivity index (χ1v) is 5.80. The van der Waals surface area contributed by atoms with Gasteiger partial charge in [-0.3, -0.25) is 0 Å². The molecular weight excluding hydrogens is 250 g/mol. The minimum absolute atomic E-state index is 0.409. The highest BCUT2D eigenvalue weighted by Crippen LogP contribution is 2.20. The Kier molecular flexibility index (Phi) is 5.32. The van der Waals surface area contributed by atoms with Gasteiger partial charge in [-0.25, -0.2) is 4.98 Å². The van der Waals surface area contributed by atoms with Gasteiger partial charge in [-0.15, -0.1) is 0 Å². The second kappa shape index (κ2) is 6.76. The van der Waals surface area contributed by atoms with Crippen molar-refractivity contribution in [1.82, 2.24) is 15.2 Å². The number of nitrogen functional groups attached to an aromatic ring is 1. The van der Waals surface area contributed by atoms with E-state index in [1.54, 1.807) is 12.3 Å². The molecule has 1 rings (SSSR count). The molecule has 0 saturated carbocycles. The average molecular weight is 268 g/mol. The van der Waals surface area contributed by atoms with Gasteiger partial charge in [-0.1, -0.05) is 18.2 Å². The number of aromatic nitrogens is 1. The lowest BCUT2D eigenvalue weighted by Crippen LogP contribution is -2.21. The Morgan fingerprint density at radius 2 is 2.33 bits per heavy atom. The third-order valence-electron chi connectivity index (χ3n) is 2.30. The van der Waals surface area contributed by atoms with Gasteiger partial charge in [0.1, 0.15) is 5.15 Å². The predicted molar refractivity (Wildman–Crippen MR) is 77.3 cm³/mol. The molecule has 0 amide bonds. The van der Waals surface area contributed by atoms with Crippen LogP contribution in [0, 0.1) is 0 Å². The lowest BCUT2D eigenvalue weighted by Gasteiger charge is -2.19. The highest BCUT2D eigenvalue weighted by molar-refractivity contribution is 6.29. The van der Waals surface area contributed by atoms with Crippen LogP contribution >= 0.6 is 11.6 Å². The van der Waals surface area contributed by atoms with Crippen molar-refractivity contribution >= 4 is 23.0 Å². The lowest BCUT2D eigenvalue weighted by atomic mass is 10.3. The van der Waals surface area contributed by atoms with E-state index >= 15 is 0 Å². The van der Waals surface area contributed by atoms with Gasteiger partial charge in [-0.2, -0.15) is 0 Å². The number of hydrogen-bond donors (Lipinski definition) is 3. The Bertz CT molecular complexity index is 442. The molecule has 5 nitrogen and oxygen atoms in total. The minimum atomic E-state index is 0.409. The molecular formula is C12H18ClN5. The van der Waals surface area contributed by atoms with Crippen LogP contribution < -0.4 is 16.4 Å². The van der Waals surface area contributed by atoms with Crippen LogP contribution in [0.1, 0.15) is 0 Å². The number of likely N-dealkylation sites (N-methyl/N-ethyl adjacent to an activating group) is 1. The number of rotatable bonds is 6. The number of halogens is 1. The summed E-state index contributed by atoms with van der Waals surface area (Å²) in [6.07, 6.45) is 5.01. The zero-order chi connectivity index (χ0) is 13.5. The highest BCUT2D eigenvalue weighted by Gasteiger charge is 2.03. The van der Waals surface area contributed by atoms with Gasteiger partial charge in [0, 0.05) is 32.1 Å². The van der Waals surface area contributed by atoms with Gasteiger partial charge in [0.05, 0.1) is 24.1 Å². The smallest absolute Gasteiger partial charge is 0.131 e. The SMILES string of the molecule is C=CN/C=C(/CNc1cc(Cl)ncc1N)N(C)C. The third kappa shape index (κ3) is 4.18. The van der Waals surface area contributed by atoms with Crippen molar-refractivity contribution < 1.29 is 0 Å². The molecule has 0 atom stereocenters. The van der Waals surface area contributed by atoms with Gasteiger partial charge in [0.15, 0.2) is 0 Å². The maximum atomic E-state index is 5.82. The van der Waals surface area contributed by atoms with Crippen molar-refractivity contribution in [1.29, 1.82) is 0 Å². The van der Waals surface area contributed by atoms with E-state index in [0.717, 1.165) is 11.4 Å². The van der Waals surface area contributed by atoms with E-state index in [-0.39, 0.29) is 0 Å². The molecule has 4 N–H and O–H groups in total. The molecule has 0 spiro atoms. The fourth-order valence-corrected chi connectivity index (χ4v) is 1.43. The van der Waals surface area contributed by atoms with Gasteiger partial charge in [0.25, 0.3) is 0 Å². The quantitative estimate of drug-likeness (QED) is 0.687. The zero-order valence-corrected chi connectivity index (χ0v) is 11.3. The maximum Gasteiger partial charge on any atom is 0.131 e. The van der Waals surface area contributed by atoms with E-state index in [1.807, 2.05) is 25.2 Å². The largest absolute Gasteiger partial charge is 0.396 e. The second-order valence-corrected chi connectivity index (χ2v) is 4.24. The van der Waals surface area contributed by atoms with Crippen molar-refractivity contribution in [2.24, 2.45) is 0 Å². The van der Waals surface area contributed by atoms with Crippen molar-refractivity contribution in [3.8, 4) is 0 Å². The summed E-state index contributed by atoms with van der Waals surface area (Å²) in [7, 11) is 3.92. The standard InChI is InChI=1S/C12H18ClN5/c1-4-15-6-9(18(2)3)7-16-11-5-12(13)17-8-10(11)14/h4-6,8,15H,1,7,14H2,2-3H3,(H,16,17)/b9-6-. The van der Waals surface area contributed by atoms with Gasteiger partial charge >= 0.3 is 0 Å². The molecule has 0 unspecified atom stereocenters. The number of nitrogens with zero attached hydrogens (tertiary/aromatic N) is 2. The molecule has 1 heterocycles. The minimum Gasteiger partial charge on any atom is -0.396 e. The fourth-order valence-electron chi connectivity index (χ4n) is 1.27. The number of pyridine rings is 1. The van der Waals surface area contributed by atoms with Crippen LogP contribution in [0.4, 0.5) is 11.4 Å². The third-order valence-corrected chi connectivity index (χ3v) is 2.51. The Labute approximate surface area is 112 Å². The normalized spacial score (nSPS) is 10.9. The maximum absolute atomic E-state index is 5.82. The van der Waals surface area contributed by atoms with E-state index in [1.165, 1.54) is 6.20 Å². The van der Waals surface area contributed by atoms with Crippen LogP contribution in [-0.4, -0.2) is 30.5 Å². The summed E-state index contributed by atoms with van der Waals surface area (Å²) >= 11 is 5.82. The van der Waals surface area contributed by atoms with E-state index < -0.39 is 0 Å². The summed E-state index contributed by atoms with van der Waals surface area (Å²) in [4.78, 5) is 5.89.